The number of fused-ring (bicyclic) bond motifs is 1. The van der Waals surface area contributed by atoms with Gasteiger partial charge in [-0.15, -0.1) is 0 Å². The normalized spacial score (nSPS) is 11.0. The maximum atomic E-state index is 13.1. The van der Waals surface area contributed by atoms with Crippen LogP contribution in [-0.4, -0.2) is 38.7 Å². The van der Waals surface area contributed by atoms with E-state index < -0.39 is 5.97 Å². The molecule has 1 aromatic heterocycles. The second-order valence-corrected chi connectivity index (χ2v) is 7.44. The van der Waals surface area contributed by atoms with E-state index in [-0.39, 0.29) is 35.2 Å². The van der Waals surface area contributed by atoms with Gasteiger partial charge in [0.15, 0.2) is 5.69 Å². The average Bonchev–Trinajstić information content (AvgIpc) is 2.69. The molecular formula is C22H23N3O4. The Morgan fingerprint density at radius 1 is 1.07 bits per heavy atom. The first kappa shape index (κ1) is 20.3. The van der Waals surface area contributed by atoms with Crippen molar-refractivity contribution in [2.24, 2.45) is 5.92 Å². The Balaban J connectivity index is 1.96. The van der Waals surface area contributed by atoms with Crippen molar-refractivity contribution in [3.05, 3.63) is 75.7 Å². The minimum absolute atomic E-state index is 0.191. The number of carbonyl (C=O) groups excluding carboxylic acids is 1. The monoisotopic (exact) mass is 393 g/mol. The molecule has 29 heavy (non-hydrogen) atoms. The predicted molar refractivity (Wildman–Crippen MR) is 110 cm³/mol. The molecule has 3 aromatic rings. The molecule has 0 atom stereocenters. The lowest BCUT2D eigenvalue weighted by Crippen LogP contribution is -2.32. The minimum atomic E-state index is -0.996. The fourth-order valence-electron chi connectivity index (χ4n) is 3.14. The molecule has 1 N–H and O–H groups in total. The lowest BCUT2D eigenvalue weighted by atomic mass is 10.1. The summed E-state index contributed by atoms with van der Waals surface area (Å²) in [4.78, 5) is 38.4. The second kappa shape index (κ2) is 8.26. The molecule has 0 unspecified atom stereocenters. The highest BCUT2D eigenvalue weighted by molar-refractivity contribution is 6.04. The Bertz CT molecular complexity index is 1120. The number of amides is 1. The Hall–Kier alpha value is -3.48. The van der Waals surface area contributed by atoms with Crippen molar-refractivity contribution in [3.8, 4) is 0 Å². The van der Waals surface area contributed by atoms with Crippen LogP contribution in [0.2, 0.25) is 0 Å². The Labute approximate surface area is 168 Å². The van der Waals surface area contributed by atoms with Gasteiger partial charge in [0.05, 0.1) is 10.9 Å². The number of carbonyl (C=O) groups is 2. The van der Waals surface area contributed by atoms with Crippen LogP contribution in [-0.2, 0) is 13.1 Å². The van der Waals surface area contributed by atoms with E-state index in [9.17, 15) is 14.4 Å². The molecule has 1 heterocycles. The van der Waals surface area contributed by atoms with Gasteiger partial charge in [0.25, 0.3) is 11.5 Å². The first-order chi connectivity index (χ1) is 13.8. The van der Waals surface area contributed by atoms with Gasteiger partial charge in [-0.2, -0.15) is 5.10 Å². The van der Waals surface area contributed by atoms with Gasteiger partial charge in [0, 0.05) is 25.5 Å². The van der Waals surface area contributed by atoms with Crippen LogP contribution in [0.5, 0.6) is 0 Å². The number of rotatable bonds is 6. The summed E-state index contributed by atoms with van der Waals surface area (Å²) in [5.74, 6) is -1.10. The van der Waals surface area contributed by atoms with Crippen LogP contribution in [0, 0.1) is 5.92 Å². The highest BCUT2D eigenvalue weighted by Crippen LogP contribution is 2.17. The fourth-order valence-corrected chi connectivity index (χ4v) is 3.14. The van der Waals surface area contributed by atoms with Crippen molar-refractivity contribution in [1.82, 2.24) is 14.7 Å². The molecule has 7 heteroatoms. The average molecular weight is 393 g/mol. The summed E-state index contributed by atoms with van der Waals surface area (Å²) in [5, 5.41) is 14.4. The smallest absolute Gasteiger partial charge is 0.335 e. The van der Waals surface area contributed by atoms with Crippen LogP contribution >= 0.6 is 0 Å². The maximum absolute atomic E-state index is 13.1. The predicted octanol–water partition coefficient (Wildman–Crippen LogP) is 3.02. The lowest BCUT2D eigenvalue weighted by molar-refractivity contribution is 0.0695. The number of aromatic carboxylic acids is 1. The lowest BCUT2D eigenvalue weighted by Gasteiger charge is -2.19. The molecule has 2 aromatic carbocycles. The van der Waals surface area contributed by atoms with Crippen molar-refractivity contribution in [3.63, 3.8) is 0 Å². The molecule has 0 fully saturated rings. The number of carboxylic acids is 1. The van der Waals surface area contributed by atoms with Gasteiger partial charge in [0.1, 0.15) is 0 Å². The number of carboxylic acid groups (broad SMARTS) is 1. The zero-order valence-electron chi connectivity index (χ0n) is 16.6. The summed E-state index contributed by atoms with van der Waals surface area (Å²) in [6.45, 7) is 4.68. The molecule has 0 spiro atoms. The SMILES string of the molecule is CC(C)Cn1nc(C(=O)N(C)Cc2ccc(C(=O)O)cc2)c2ccccc2c1=O. The molecule has 0 bridgehead atoms. The minimum Gasteiger partial charge on any atom is -0.478 e. The summed E-state index contributed by atoms with van der Waals surface area (Å²) in [6, 6.07) is 13.3. The van der Waals surface area contributed by atoms with Crippen LogP contribution in [0.15, 0.2) is 53.3 Å². The van der Waals surface area contributed by atoms with Gasteiger partial charge in [-0.3, -0.25) is 9.59 Å². The first-order valence-corrected chi connectivity index (χ1v) is 9.35. The molecule has 1 amide bonds. The molecule has 150 valence electrons. The summed E-state index contributed by atoms with van der Waals surface area (Å²) >= 11 is 0. The quantitative estimate of drug-likeness (QED) is 0.695. The molecule has 0 saturated heterocycles. The third-order valence-electron chi connectivity index (χ3n) is 4.58. The van der Waals surface area contributed by atoms with E-state index in [0.717, 1.165) is 5.56 Å². The number of aromatic nitrogens is 2. The molecular weight excluding hydrogens is 370 g/mol. The number of nitrogens with zero attached hydrogens (tertiary/aromatic N) is 3. The van der Waals surface area contributed by atoms with Gasteiger partial charge in [0.2, 0.25) is 0 Å². The zero-order chi connectivity index (χ0) is 21.1. The van der Waals surface area contributed by atoms with Crippen molar-refractivity contribution in [2.45, 2.75) is 26.9 Å². The van der Waals surface area contributed by atoms with Gasteiger partial charge in [-0.05, 0) is 29.7 Å². The van der Waals surface area contributed by atoms with E-state index in [1.165, 1.54) is 21.7 Å². The van der Waals surface area contributed by atoms with Crippen molar-refractivity contribution >= 4 is 22.6 Å². The summed E-state index contributed by atoms with van der Waals surface area (Å²) in [5.41, 5.74) is 1.00. The maximum Gasteiger partial charge on any atom is 0.335 e. The Kier molecular flexibility index (Phi) is 5.77. The van der Waals surface area contributed by atoms with Crippen molar-refractivity contribution in [2.75, 3.05) is 7.05 Å². The molecule has 0 aliphatic carbocycles. The number of benzene rings is 2. The van der Waals surface area contributed by atoms with Crippen molar-refractivity contribution in [1.29, 1.82) is 0 Å². The van der Waals surface area contributed by atoms with E-state index in [0.29, 0.717) is 17.3 Å². The van der Waals surface area contributed by atoms with Crippen molar-refractivity contribution < 1.29 is 14.7 Å². The molecule has 0 radical (unpaired) electrons. The largest absolute Gasteiger partial charge is 0.478 e. The number of hydrogen-bond acceptors (Lipinski definition) is 4. The van der Waals surface area contributed by atoms with Crippen LogP contribution in [0.1, 0.15) is 40.3 Å². The first-order valence-electron chi connectivity index (χ1n) is 9.35. The van der Waals surface area contributed by atoms with Gasteiger partial charge in [-0.25, -0.2) is 9.48 Å². The summed E-state index contributed by atoms with van der Waals surface area (Å²) in [7, 11) is 1.65. The van der Waals surface area contributed by atoms with E-state index in [4.69, 9.17) is 5.11 Å². The van der Waals surface area contributed by atoms with Crippen LogP contribution in [0.25, 0.3) is 10.8 Å². The van der Waals surface area contributed by atoms with Gasteiger partial charge >= 0.3 is 5.97 Å². The summed E-state index contributed by atoms with van der Waals surface area (Å²) in [6.07, 6.45) is 0. The highest BCUT2D eigenvalue weighted by Gasteiger charge is 2.20. The van der Waals surface area contributed by atoms with Gasteiger partial charge in [-0.1, -0.05) is 44.2 Å². The molecule has 7 nitrogen and oxygen atoms in total. The Morgan fingerprint density at radius 3 is 2.28 bits per heavy atom. The fraction of sp³-hybridized carbons (Fsp3) is 0.273. The zero-order valence-corrected chi connectivity index (χ0v) is 16.6. The third kappa shape index (κ3) is 4.34. The molecule has 0 saturated carbocycles. The van der Waals surface area contributed by atoms with E-state index >= 15 is 0 Å². The topological polar surface area (TPSA) is 92.5 Å². The second-order valence-electron chi connectivity index (χ2n) is 7.44. The van der Waals surface area contributed by atoms with E-state index in [1.54, 1.807) is 43.4 Å². The van der Waals surface area contributed by atoms with Crippen LogP contribution in [0.4, 0.5) is 0 Å². The molecule has 3 rings (SSSR count). The summed E-state index contributed by atoms with van der Waals surface area (Å²) < 4.78 is 1.36. The van der Waals surface area contributed by atoms with Crippen LogP contribution < -0.4 is 5.56 Å². The molecule has 0 aliphatic rings. The standard InChI is InChI=1S/C22H23N3O4/c1-14(2)12-25-20(26)18-7-5-4-6-17(18)19(23-25)21(27)24(3)13-15-8-10-16(11-9-15)22(28)29/h4-11,14H,12-13H2,1-3H3,(H,28,29). The van der Waals surface area contributed by atoms with Crippen LogP contribution in [0.3, 0.4) is 0 Å². The molecule has 0 aliphatic heterocycles. The Morgan fingerprint density at radius 2 is 1.69 bits per heavy atom. The third-order valence-corrected chi connectivity index (χ3v) is 4.58. The van der Waals surface area contributed by atoms with E-state index in [2.05, 4.69) is 5.10 Å². The highest BCUT2D eigenvalue weighted by atomic mass is 16.4. The number of hydrogen-bond donors (Lipinski definition) is 1. The van der Waals surface area contributed by atoms with Gasteiger partial charge < -0.3 is 10.0 Å². The van der Waals surface area contributed by atoms with E-state index in [1.807, 2.05) is 13.8 Å².